The molecule has 0 unspecified atom stereocenters. The zero-order valence-corrected chi connectivity index (χ0v) is 12.2. The van der Waals surface area contributed by atoms with Crippen LogP contribution in [0, 0.1) is 20.6 Å². The fourth-order valence-corrected chi connectivity index (χ4v) is 2.07. The predicted molar refractivity (Wildman–Crippen MR) is 78.1 cm³/mol. The van der Waals surface area contributed by atoms with E-state index in [1.54, 1.807) is 19.1 Å². The maximum absolute atomic E-state index is 12.0. The lowest BCUT2D eigenvalue weighted by Gasteiger charge is -2.06. The normalized spacial score (nSPS) is 10.4. The SMILES string of the molecule is Cc1ncn(Cc2cccc([N+](=O)[O-])c2)c(=O)c1I. The average molecular weight is 371 g/mol. The fraction of sp³-hybridized carbons (Fsp3) is 0.167. The first-order valence-corrected chi connectivity index (χ1v) is 6.52. The van der Waals surface area contributed by atoms with E-state index in [4.69, 9.17) is 0 Å². The molecule has 0 aliphatic rings. The molecule has 0 N–H and O–H groups in total. The first-order chi connectivity index (χ1) is 8.99. The Hall–Kier alpha value is -1.77. The van der Waals surface area contributed by atoms with Gasteiger partial charge in [-0.05, 0) is 35.1 Å². The summed E-state index contributed by atoms with van der Waals surface area (Å²) in [6, 6.07) is 6.22. The Labute approximate surface area is 122 Å². The van der Waals surface area contributed by atoms with Crippen LogP contribution in [0.5, 0.6) is 0 Å². The van der Waals surface area contributed by atoms with Gasteiger partial charge in [-0.3, -0.25) is 19.5 Å². The average Bonchev–Trinajstić information content (AvgIpc) is 2.40. The highest BCUT2D eigenvalue weighted by Gasteiger charge is 2.09. The number of hydrogen-bond acceptors (Lipinski definition) is 4. The van der Waals surface area contributed by atoms with E-state index in [1.165, 1.54) is 23.0 Å². The molecule has 1 heterocycles. The van der Waals surface area contributed by atoms with Gasteiger partial charge in [-0.1, -0.05) is 12.1 Å². The lowest BCUT2D eigenvalue weighted by Crippen LogP contribution is -2.24. The van der Waals surface area contributed by atoms with Crippen molar-refractivity contribution in [2.24, 2.45) is 0 Å². The van der Waals surface area contributed by atoms with Gasteiger partial charge in [0.05, 0.1) is 27.1 Å². The lowest BCUT2D eigenvalue weighted by atomic mass is 10.2. The van der Waals surface area contributed by atoms with Gasteiger partial charge in [-0.25, -0.2) is 4.98 Å². The lowest BCUT2D eigenvalue weighted by molar-refractivity contribution is -0.384. The number of benzene rings is 1. The van der Waals surface area contributed by atoms with Gasteiger partial charge in [0.1, 0.15) is 0 Å². The maximum atomic E-state index is 12.0. The van der Waals surface area contributed by atoms with Gasteiger partial charge in [0.2, 0.25) is 0 Å². The quantitative estimate of drug-likeness (QED) is 0.471. The Kier molecular flexibility index (Phi) is 3.93. The van der Waals surface area contributed by atoms with Crippen molar-refractivity contribution in [1.29, 1.82) is 0 Å². The van der Waals surface area contributed by atoms with Crippen LogP contribution < -0.4 is 5.56 Å². The molecule has 0 aliphatic carbocycles. The molecule has 2 rings (SSSR count). The van der Waals surface area contributed by atoms with E-state index >= 15 is 0 Å². The third kappa shape index (κ3) is 2.98. The second-order valence-corrected chi connectivity index (χ2v) is 5.08. The Bertz CT molecular complexity index is 697. The predicted octanol–water partition coefficient (Wildman–Crippen LogP) is 2.11. The minimum absolute atomic E-state index is 0.0142. The monoisotopic (exact) mass is 371 g/mol. The number of hydrogen-bond donors (Lipinski definition) is 0. The summed E-state index contributed by atoms with van der Waals surface area (Å²) in [6.45, 7) is 2.03. The van der Waals surface area contributed by atoms with Gasteiger partial charge in [-0.2, -0.15) is 0 Å². The Balaban J connectivity index is 2.37. The molecule has 0 saturated heterocycles. The number of aromatic nitrogens is 2. The summed E-state index contributed by atoms with van der Waals surface area (Å²) in [5, 5.41) is 10.7. The highest BCUT2D eigenvalue weighted by molar-refractivity contribution is 14.1. The van der Waals surface area contributed by atoms with E-state index in [0.717, 1.165) is 0 Å². The molecule has 0 radical (unpaired) electrons. The summed E-state index contributed by atoms with van der Waals surface area (Å²) < 4.78 is 2.00. The zero-order chi connectivity index (χ0) is 14.0. The topological polar surface area (TPSA) is 78.0 Å². The van der Waals surface area contributed by atoms with Crippen molar-refractivity contribution >= 4 is 28.3 Å². The van der Waals surface area contributed by atoms with Gasteiger partial charge < -0.3 is 0 Å². The zero-order valence-electron chi connectivity index (χ0n) is 10.0. The van der Waals surface area contributed by atoms with Crippen molar-refractivity contribution in [3.8, 4) is 0 Å². The van der Waals surface area contributed by atoms with Gasteiger partial charge in [-0.15, -0.1) is 0 Å². The number of nitro groups is 1. The van der Waals surface area contributed by atoms with Crippen molar-refractivity contribution in [2.75, 3.05) is 0 Å². The van der Waals surface area contributed by atoms with Gasteiger partial charge in [0.15, 0.2) is 0 Å². The number of rotatable bonds is 3. The molecular formula is C12H10IN3O3. The van der Waals surface area contributed by atoms with Crippen LogP contribution >= 0.6 is 22.6 Å². The van der Waals surface area contributed by atoms with Crippen molar-refractivity contribution in [3.63, 3.8) is 0 Å². The summed E-state index contributed by atoms with van der Waals surface area (Å²) in [5.41, 5.74) is 1.25. The molecule has 0 atom stereocenters. The third-order valence-corrected chi connectivity index (χ3v) is 3.87. The summed E-state index contributed by atoms with van der Waals surface area (Å²) in [5.74, 6) is 0. The van der Waals surface area contributed by atoms with Crippen LogP contribution in [0.1, 0.15) is 11.3 Å². The minimum atomic E-state index is -0.455. The number of non-ortho nitro benzene ring substituents is 1. The highest BCUT2D eigenvalue weighted by atomic mass is 127. The molecular weight excluding hydrogens is 361 g/mol. The molecule has 0 bridgehead atoms. The minimum Gasteiger partial charge on any atom is -0.294 e. The van der Waals surface area contributed by atoms with Crippen molar-refractivity contribution < 1.29 is 4.92 Å². The molecule has 0 spiro atoms. The van der Waals surface area contributed by atoms with Crippen LogP contribution in [-0.2, 0) is 6.54 Å². The highest BCUT2D eigenvalue weighted by Crippen LogP contribution is 2.13. The van der Waals surface area contributed by atoms with Crippen LogP contribution in [0.15, 0.2) is 35.4 Å². The van der Waals surface area contributed by atoms with E-state index in [9.17, 15) is 14.9 Å². The molecule has 0 fully saturated rings. The first-order valence-electron chi connectivity index (χ1n) is 5.44. The number of aryl methyl sites for hydroxylation is 1. The summed E-state index contributed by atoms with van der Waals surface area (Å²) in [7, 11) is 0. The molecule has 2 aromatic rings. The van der Waals surface area contributed by atoms with E-state index in [-0.39, 0.29) is 17.8 Å². The molecule has 0 aliphatic heterocycles. The first kappa shape index (κ1) is 13.7. The van der Waals surface area contributed by atoms with Gasteiger partial charge >= 0.3 is 0 Å². The fourth-order valence-electron chi connectivity index (χ4n) is 1.62. The second-order valence-electron chi connectivity index (χ2n) is 4.00. The van der Waals surface area contributed by atoms with E-state index in [2.05, 4.69) is 4.98 Å². The molecule has 0 amide bonds. The van der Waals surface area contributed by atoms with E-state index in [0.29, 0.717) is 14.8 Å². The Morgan fingerprint density at radius 2 is 2.21 bits per heavy atom. The third-order valence-electron chi connectivity index (χ3n) is 2.63. The second kappa shape index (κ2) is 5.47. The van der Waals surface area contributed by atoms with Crippen LogP contribution in [0.2, 0.25) is 0 Å². The van der Waals surface area contributed by atoms with Crippen molar-refractivity contribution in [1.82, 2.24) is 9.55 Å². The van der Waals surface area contributed by atoms with Gasteiger partial charge in [0.25, 0.3) is 11.2 Å². The van der Waals surface area contributed by atoms with E-state index in [1.807, 2.05) is 22.6 Å². The molecule has 1 aromatic carbocycles. The maximum Gasteiger partial charge on any atom is 0.269 e. The van der Waals surface area contributed by atoms with Crippen molar-refractivity contribution in [2.45, 2.75) is 13.5 Å². The van der Waals surface area contributed by atoms with Gasteiger partial charge in [0, 0.05) is 12.1 Å². The molecule has 1 aromatic heterocycles. The van der Waals surface area contributed by atoms with Crippen LogP contribution in [-0.4, -0.2) is 14.5 Å². The molecule has 0 saturated carbocycles. The summed E-state index contributed by atoms with van der Waals surface area (Å²) >= 11 is 1.95. The summed E-state index contributed by atoms with van der Waals surface area (Å²) in [4.78, 5) is 26.3. The smallest absolute Gasteiger partial charge is 0.269 e. The number of nitro benzene ring substituents is 1. The number of halogens is 1. The Morgan fingerprint density at radius 3 is 2.89 bits per heavy atom. The number of nitrogens with zero attached hydrogens (tertiary/aromatic N) is 3. The molecule has 6 nitrogen and oxygen atoms in total. The largest absolute Gasteiger partial charge is 0.294 e. The molecule has 7 heteroatoms. The van der Waals surface area contributed by atoms with E-state index < -0.39 is 4.92 Å². The summed E-state index contributed by atoms with van der Waals surface area (Å²) in [6.07, 6.45) is 1.46. The van der Waals surface area contributed by atoms with Crippen molar-refractivity contribution in [3.05, 3.63) is 65.9 Å². The van der Waals surface area contributed by atoms with Crippen LogP contribution in [0.4, 0.5) is 5.69 Å². The molecule has 98 valence electrons. The van der Waals surface area contributed by atoms with Crippen LogP contribution in [0.3, 0.4) is 0 Å². The standard InChI is InChI=1S/C12H10IN3O3/c1-8-11(13)12(17)15(7-14-8)6-9-3-2-4-10(5-9)16(18)19/h2-5,7H,6H2,1H3. The molecule has 19 heavy (non-hydrogen) atoms. The van der Waals surface area contributed by atoms with Crippen LogP contribution in [0.25, 0.3) is 0 Å². The Morgan fingerprint density at radius 1 is 1.47 bits per heavy atom.